The van der Waals surface area contributed by atoms with Crippen LogP contribution in [-0.4, -0.2) is 40.5 Å². The van der Waals surface area contributed by atoms with E-state index in [1.807, 2.05) is 42.5 Å². The molecule has 1 unspecified atom stereocenters. The number of phenols is 1. The Morgan fingerprint density at radius 1 is 0.947 bits per heavy atom. The number of ether oxygens (including phenoxy) is 2. The van der Waals surface area contributed by atoms with Gasteiger partial charge in [-0.25, -0.2) is 0 Å². The van der Waals surface area contributed by atoms with Crippen molar-refractivity contribution in [3.8, 4) is 17.2 Å². The fraction of sp³-hybridized carbons (Fsp3) is 0.161. The minimum Gasteiger partial charge on any atom is -0.507 e. The minimum atomic E-state index is -0.917. The van der Waals surface area contributed by atoms with Crippen LogP contribution in [0.3, 0.4) is 0 Å². The molecule has 5 rings (SSSR count). The van der Waals surface area contributed by atoms with Gasteiger partial charge in [-0.05, 0) is 53.1 Å². The summed E-state index contributed by atoms with van der Waals surface area (Å²) in [4.78, 5) is 28.4. The number of Topliss-reactive ketones (excluding diaryl/α,β-unsaturated/α-hetero) is 1. The molecule has 1 fully saturated rings. The van der Waals surface area contributed by atoms with E-state index in [1.54, 1.807) is 50.4 Å². The minimum absolute atomic E-state index is 0.0256. The van der Waals surface area contributed by atoms with Crippen molar-refractivity contribution < 1.29 is 29.3 Å². The van der Waals surface area contributed by atoms with Gasteiger partial charge in [0.15, 0.2) is 11.5 Å². The summed E-state index contributed by atoms with van der Waals surface area (Å²) in [5.41, 5.74) is 1.71. The summed E-state index contributed by atoms with van der Waals surface area (Å²) in [6.45, 7) is 2.21. The van der Waals surface area contributed by atoms with Crippen LogP contribution in [0.5, 0.6) is 17.2 Å². The van der Waals surface area contributed by atoms with Gasteiger partial charge in [-0.2, -0.15) is 0 Å². The summed E-state index contributed by atoms with van der Waals surface area (Å²) >= 11 is 0. The van der Waals surface area contributed by atoms with Gasteiger partial charge < -0.3 is 24.6 Å². The summed E-state index contributed by atoms with van der Waals surface area (Å²) in [7, 11) is 1.56. The maximum Gasteiger partial charge on any atom is 0.295 e. The lowest BCUT2D eigenvalue weighted by atomic mass is 9.93. The second-order valence-electron chi connectivity index (χ2n) is 8.97. The number of aliphatic hydroxyl groups is 1. The molecule has 1 heterocycles. The number of amides is 1. The molecule has 7 nitrogen and oxygen atoms in total. The molecule has 38 heavy (non-hydrogen) atoms. The van der Waals surface area contributed by atoms with Crippen molar-refractivity contribution in [3.05, 3.63) is 107 Å². The van der Waals surface area contributed by atoms with Gasteiger partial charge in [-0.1, -0.05) is 60.7 Å². The zero-order valence-electron chi connectivity index (χ0n) is 21.0. The fourth-order valence-electron chi connectivity index (χ4n) is 4.91. The molecular weight excluding hydrogens is 482 g/mol. The zero-order valence-corrected chi connectivity index (χ0v) is 21.0. The molecule has 0 saturated carbocycles. The van der Waals surface area contributed by atoms with Crippen molar-refractivity contribution >= 4 is 28.2 Å². The van der Waals surface area contributed by atoms with Crippen LogP contribution in [0.25, 0.3) is 16.5 Å². The number of ketones is 1. The summed E-state index contributed by atoms with van der Waals surface area (Å²) in [6.07, 6.45) is 0. The number of aromatic hydroxyl groups is 1. The Labute approximate surface area is 220 Å². The second kappa shape index (κ2) is 10.3. The Morgan fingerprint density at radius 3 is 2.50 bits per heavy atom. The van der Waals surface area contributed by atoms with Gasteiger partial charge in [0.05, 0.1) is 25.3 Å². The lowest BCUT2D eigenvalue weighted by Crippen LogP contribution is -2.29. The normalized spacial score (nSPS) is 16.7. The molecule has 0 bridgehead atoms. The molecule has 0 aliphatic carbocycles. The number of methoxy groups -OCH3 is 1. The maximum absolute atomic E-state index is 13.5. The molecular formula is C31H27NO6. The number of phenolic OH excluding ortho intramolecular Hbond substituents is 1. The van der Waals surface area contributed by atoms with Gasteiger partial charge in [-0.3, -0.25) is 9.59 Å². The lowest BCUT2D eigenvalue weighted by Gasteiger charge is -2.26. The van der Waals surface area contributed by atoms with E-state index >= 15 is 0 Å². The molecule has 0 aromatic heterocycles. The molecule has 2 N–H and O–H groups in total. The Bertz CT molecular complexity index is 1570. The van der Waals surface area contributed by atoms with Crippen molar-refractivity contribution in [2.24, 2.45) is 0 Å². The van der Waals surface area contributed by atoms with Crippen molar-refractivity contribution in [3.63, 3.8) is 0 Å². The van der Waals surface area contributed by atoms with Crippen LogP contribution in [0.4, 0.5) is 0 Å². The molecule has 192 valence electrons. The Morgan fingerprint density at radius 2 is 1.71 bits per heavy atom. The SMILES string of the molecule is CCOc1cc(C2/C(=C(\O)c3cccc4ccccc34)C(=O)C(=O)N2Cc2cccc(OC)c2)ccc1O. The highest BCUT2D eigenvalue weighted by molar-refractivity contribution is 6.46. The van der Waals surface area contributed by atoms with Crippen LogP contribution >= 0.6 is 0 Å². The topological polar surface area (TPSA) is 96.3 Å². The summed E-state index contributed by atoms with van der Waals surface area (Å²) in [5, 5.41) is 23.6. The fourth-order valence-corrected chi connectivity index (χ4v) is 4.91. The number of carbonyl (C=O) groups excluding carboxylic acids is 2. The second-order valence-corrected chi connectivity index (χ2v) is 8.97. The summed E-state index contributed by atoms with van der Waals surface area (Å²) in [5.74, 6) is -0.990. The van der Waals surface area contributed by atoms with E-state index in [9.17, 15) is 19.8 Å². The number of fused-ring (bicyclic) bond motifs is 1. The van der Waals surface area contributed by atoms with Crippen LogP contribution < -0.4 is 9.47 Å². The number of carbonyl (C=O) groups is 2. The van der Waals surface area contributed by atoms with Crippen LogP contribution in [0.1, 0.15) is 29.7 Å². The first-order valence-corrected chi connectivity index (χ1v) is 12.3. The van der Waals surface area contributed by atoms with Gasteiger partial charge in [0.2, 0.25) is 0 Å². The lowest BCUT2D eigenvalue weighted by molar-refractivity contribution is -0.140. The standard InChI is InChI=1S/C31H27NO6/c1-3-38-26-17-21(14-15-25(26)33)28-27(29(34)24-13-7-10-20-9-4-5-12-23(20)24)30(35)31(36)32(28)18-19-8-6-11-22(16-19)37-2/h4-17,28,33-34H,3,18H2,1-2H3/b29-27+. The number of rotatable bonds is 7. The van der Waals surface area contributed by atoms with E-state index < -0.39 is 17.7 Å². The Hall–Kier alpha value is -4.78. The molecule has 1 amide bonds. The molecule has 1 aliphatic heterocycles. The van der Waals surface area contributed by atoms with E-state index in [1.165, 1.54) is 11.0 Å². The van der Waals surface area contributed by atoms with E-state index in [4.69, 9.17) is 9.47 Å². The quantitative estimate of drug-likeness (QED) is 0.192. The third-order valence-electron chi connectivity index (χ3n) is 6.67. The first-order valence-electron chi connectivity index (χ1n) is 12.3. The summed E-state index contributed by atoms with van der Waals surface area (Å²) in [6, 6.07) is 24.0. The highest BCUT2D eigenvalue weighted by Crippen LogP contribution is 2.43. The van der Waals surface area contributed by atoms with Gasteiger partial charge >= 0.3 is 0 Å². The Balaban J connectivity index is 1.71. The van der Waals surface area contributed by atoms with E-state index in [2.05, 4.69) is 0 Å². The number of nitrogens with zero attached hydrogens (tertiary/aromatic N) is 1. The third-order valence-corrected chi connectivity index (χ3v) is 6.67. The number of hydrogen-bond acceptors (Lipinski definition) is 6. The molecule has 4 aromatic carbocycles. The van der Waals surface area contributed by atoms with Crippen LogP contribution in [0.2, 0.25) is 0 Å². The number of likely N-dealkylation sites (tertiary alicyclic amines) is 1. The molecule has 7 heteroatoms. The van der Waals surface area contributed by atoms with Crippen LogP contribution in [0.15, 0.2) is 90.5 Å². The van der Waals surface area contributed by atoms with Gasteiger partial charge in [0.1, 0.15) is 11.5 Å². The molecule has 1 aliphatic rings. The van der Waals surface area contributed by atoms with Crippen molar-refractivity contribution in [1.82, 2.24) is 4.90 Å². The largest absolute Gasteiger partial charge is 0.507 e. The van der Waals surface area contributed by atoms with E-state index in [0.29, 0.717) is 23.5 Å². The molecule has 0 radical (unpaired) electrons. The Kier molecular flexibility index (Phi) is 6.75. The highest BCUT2D eigenvalue weighted by atomic mass is 16.5. The summed E-state index contributed by atoms with van der Waals surface area (Å²) < 4.78 is 10.9. The molecule has 1 atom stereocenters. The monoisotopic (exact) mass is 509 g/mol. The number of benzene rings is 4. The number of aliphatic hydroxyl groups excluding tert-OH is 1. The molecule has 1 saturated heterocycles. The van der Waals surface area contributed by atoms with Crippen LogP contribution in [-0.2, 0) is 16.1 Å². The van der Waals surface area contributed by atoms with Crippen molar-refractivity contribution in [2.75, 3.05) is 13.7 Å². The first-order chi connectivity index (χ1) is 18.4. The smallest absolute Gasteiger partial charge is 0.295 e. The molecule has 0 spiro atoms. The van der Waals surface area contributed by atoms with Crippen molar-refractivity contribution in [2.45, 2.75) is 19.5 Å². The predicted octanol–water partition coefficient (Wildman–Crippen LogP) is 5.57. The zero-order chi connectivity index (χ0) is 26.8. The highest BCUT2D eigenvalue weighted by Gasteiger charge is 2.46. The average molecular weight is 510 g/mol. The van der Waals surface area contributed by atoms with Crippen LogP contribution in [0, 0.1) is 0 Å². The predicted molar refractivity (Wildman–Crippen MR) is 144 cm³/mol. The van der Waals surface area contributed by atoms with Gasteiger partial charge in [0.25, 0.3) is 11.7 Å². The third kappa shape index (κ3) is 4.43. The van der Waals surface area contributed by atoms with Crippen molar-refractivity contribution in [1.29, 1.82) is 0 Å². The average Bonchev–Trinajstić information content (AvgIpc) is 3.18. The van der Waals surface area contributed by atoms with E-state index in [-0.39, 0.29) is 29.4 Å². The first kappa shape index (κ1) is 24.9. The number of hydrogen-bond donors (Lipinski definition) is 2. The van der Waals surface area contributed by atoms with Gasteiger partial charge in [0, 0.05) is 12.1 Å². The van der Waals surface area contributed by atoms with E-state index in [0.717, 1.165) is 16.3 Å². The molecule has 4 aromatic rings. The maximum atomic E-state index is 13.5. The van der Waals surface area contributed by atoms with Gasteiger partial charge in [-0.15, -0.1) is 0 Å².